The Morgan fingerprint density at radius 3 is 2.00 bits per heavy atom. The molecule has 0 spiro atoms. The highest BCUT2D eigenvalue weighted by Gasteiger charge is 2.15. The molecule has 21 heavy (non-hydrogen) atoms. The van der Waals surface area contributed by atoms with Crippen LogP contribution in [0.15, 0.2) is 0 Å². The molecular formula is C14H24O7. The fourth-order valence-electron chi connectivity index (χ4n) is 1.22. The predicted molar refractivity (Wildman–Crippen MR) is 73.0 cm³/mol. The molecule has 0 aliphatic rings. The Labute approximate surface area is 124 Å². The molecule has 0 radical (unpaired) electrons. The quantitative estimate of drug-likeness (QED) is 0.249. The molecule has 0 aromatic rings. The van der Waals surface area contributed by atoms with Gasteiger partial charge in [0.1, 0.15) is 0 Å². The van der Waals surface area contributed by atoms with Gasteiger partial charge in [0, 0.05) is 25.7 Å². The van der Waals surface area contributed by atoms with E-state index in [4.69, 9.17) is 18.9 Å². The standard InChI is InChI=1S/C14H24O7/c1-4-11(15)18-9-7-8-14(21-13(17)6-3)20-10-19-12(16)5-2/h14H,4-10H2,1-3H3. The number of carbonyl (C=O) groups is 3. The van der Waals surface area contributed by atoms with Crippen molar-refractivity contribution in [2.45, 2.75) is 59.2 Å². The highest BCUT2D eigenvalue weighted by molar-refractivity contribution is 5.69. The van der Waals surface area contributed by atoms with E-state index in [0.29, 0.717) is 19.3 Å². The summed E-state index contributed by atoms with van der Waals surface area (Å²) < 4.78 is 19.9. The van der Waals surface area contributed by atoms with E-state index in [9.17, 15) is 14.4 Å². The van der Waals surface area contributed by atoms with E-state index in [1.165, 1.54) is 0 Å². The highest BCUT2D eigenvalue weighted by Crippen LogP contribution is 2.07. The number of hydrogen-bond acceptors (Lipinski definition) is 7. The highest BCUT2D eigenvalue weighted by atomic mass is 16.8. The van der Waals surface area contributed by atoms with E-state index in [1.807, 2.05) is 0 Å². The van der Waals surface area contributed by atoms with Crippen LogP contribution in [-0.4, -0.2) is 37.6 Å². The molecule has 122 valence electrons. The van der Waals surface area contributed by atoms with Crippen LogP contribution in [0, 0.1) is 0 Å². The van der Waals surface area contributed by atoms with Crippen molar-refractivity contribution in [2.75, 3.05) is 13.4 Å². The fraction of sp³-hybridized carbons (Fsp3) is 0.786. The van der Waals surface area contributed by atoms with Crippen LogP contribution in [0.25, 0.3) is 0 Å². The predicted octanol–water partition coefficient (Wildman–Crippen LogP) is 1.93. The Kier molecular flexibility index (Phi) is 11.2. The Bertz CT molecular complexity index is 327. The van der Waals surface area contributed by atoms with Crippen LogP contribution in [0.4, 0.5) is 0 Å². The monoisotopic (exact) mass is 304 g/mol. The molecule has 0 heterocycles. The third-order valence-electron chi connectivity index (χ3n) is 2.45. The molecule has 0 bridgehead atoms. The molecule has 7 heteroatoms. The fourth-order valence-corrected chi connectivity index (χ4v) is 1.22. The molecule has 0 amide bonds. The van der Waals surface area contributed by atoms with Gasteiger partial charge in [-0.25, -0.2) is 0 Å². The molecule has 7 nitrogen and oxygen atoms in total. The molecule has 0 saturated carbocycles. The maximum Gasteiger partial charge on any atom is 0.307 e. The van der Waals surface area contributed by atoms with Gasteiger partial charge in [-0.1, -0.05) is 20.8 Å². The largest absolute Gasteiger partial charge is 0.466 e. The van der Waals surface area contributed by atoms with Crippen LogP contribution in [0.1, 0.15) is 52.9 Å². The van der Waals surface area contributed by atoms with Gasteiger partial charge in [-0.2, -0.15) is 0 Å². The Balaban J connectivity index is 4.04. The maximum absolute atomic E-state index is 11.3. The number of ether oxygens (including phenoxy) is 4. The lowest BCUT2D eigenvalue weighted by molar-refractivity contribution is -0.206. The van der Waals surface area contributed by atoms with Gasteiger partial charge < -0.3 is 18.9 Å². The lowest BCUT2D eigenvalue weighted by Crippen LogP contribution is -2.24. The first kappa shape index (κ1) is 19.4. The topological polar surface area (TPSA) is 88.1 Å². The first-order valence-corrected chi connectivity index (χ1v) is 7.15. The summed E-state index contributed by atoms with van der Waals surface area (Å²) >= 11 is 0. The van der Waals surface area contributed by atoms with Crippen molar-refractivity contribution in [1.29, 1.82) is 0 Å². The van der Waals surface area contributed by atoms with Gasteiger partial charge in [0.05, 0.1) is 6.61 Å². The van der Waals surface area contributed by atoms with Crippen molar-refractivity contribution in [3.63, 3.8) is 0 Å². The van der Waals surface area contributed by atoms with Crippen LogP contribution in [-0.2, 0) is 33.3 Å². The number of esters is 3. The Morgan fingerprint density at radius 2 is 1.43 bits per heavy atom. The zero-order valence-electron chi connectivity index (χ0n) is 12.9. The maximum atomic E-state index is 11.3. The van der Waals surface area contributed by atoms with E-state index in [2.05, 4.69) is 0 Å². The third-order valence-corrected chi connectivity index (χ3v) is 2.45. The van der Waals surface area contributed by atoms with Crippen molar-refractivity contribution in [2.24, 2.45) is 0 Å². The molecule has 0 rings (SSSR count). The van der Waals surface area contributed by atoms with Gasteiger partial charge in [-0.05, 0) is 6.42 Å². The first-order chi connectivity index (χ1) is 10.0. The van der Waals surface area contributed by atoms with Gasteiger partial charge in [0.15, 0.2) is 6.79 Å². The van der Waals surface area contributed by atoms with Crippen LogP contribution >= 0.6 is 0 Å². The van der Waals surface area contributed by atoms with E-state index in [1.54, 1.807) is 20.8 Å². The normalized spacial score (nSPS) is 11.6. The smallest absolute Gasteiger partial charge is 0.307 e. The molecule has 0 N–H and O–H groups in total. The number of carbonyl (C=O) groups excluding carboxylic acids is 3. The first-order valence-electron chi connectivity index (χ1n) is 7.15. The zero-order valence-corrected chi connectivity index (χ0v) is 12.9. The average Bonchev–Trinajstić information content (AvgIpc) is 2.50. The van der Waals surface area contributed by atoms with E-state index >= 15 is 0 Å². The minimum Gasteiger partial charge on any atom is -0.466 e. The Morgan fingerprint density at radius 1 is 0.857 bits per heavy atom. The van der Waals surface area contributed by atoms with Crippen molar-refractivity contribution in [1.82, 2.24) is 0 Å². The summed E-state index contributed by atoms with van der Waals surface area (Å²) in [5.41, 5.74) is 0. The zero-order chi connectivity index (χ0) is 16.1. The lowest BCUT2D eigenvalue weighted by atomic mass is 10.3. The summed E-state index contributed by atoms with van der Waals surface area (Å²) in [6.07, 6.45) is 0.802. The second-order valence-corrected chi connectivity index (χ2v) is 4.14. The summed E-state index contributed by atoms with van der Waals surface area (Å²) in [4.78, 5) is 33.2. The molecule has 0 aliphatic heterocycles. The van der Waals surface area contributed by atoms with Crippen molar-refractivity contribution in [3.05, 3.63) is 0 Å². The van der Waals surface area contributed by atoms with Crippen LogP contribution in [0.2, 0.25) is 0 Å². The molecule has 0 saturated heterocycles. The SMILES string of the molecule is CCC(=O)OCCCC(OCOC(=O)CC)OC(=O)CC. The second-order valence-electron chi connectivity index (χ2n) is 4.14. The summed E-state index contributed by atoms with van der Waals surface area (Å²) in [5.74, 6) is -1.09. The van der Waals surface area contributed by atoms with E-state index in [0.717, 1.165) is 0 Å². The number of rotatable bonds is 11. The van der Waals surface area contributed by atoms with Gasteiger partial charge in [0.25, 0.3) is 0 Å². The summed E-state index contributed by atoms with van der Waals surface area (Å²) in [5, 5.41) is 0. The molecule has 1 atom stereocenters. The summed E-state index contributed by atoms with van der Waals surface area (Å²) in [6, 6.07) is 0. The van der Waals surface area contributed by atoms with Gasteiger partial charge >= 0.3 is 17.9 Å². The van der Waals surface area contributed by atoms with E-state index in [-0.39, 0.29) is 32.2 Å². The molecule has 0 aliphatic carbocycles. The molecule has 0 aromatic heterocycles. The average molecular weight is 304 g/mol. The minimum atomic E-state index is -0.817. The van der Waals surface area contributed by atoms with Crippen molar-refractivity contribution in [3.8, 4) is 0 Å². The van der Waals surface area contributed by atoms with Crippen molar-refractivity contribution >= 4 is 17.9 Å². The second kappa shape index (κ2) is 12.1. The van der Waals surface area contributed by atoms with Gasteiger partial charge in [-0.3, -0.25) is 14.4 Å². The van der Waals surface area contributed by atoms with Crippen LogP contribution in [0.5, 0.6) is 0 Å². The van der Waals surface area contributed by atoms with Crippen LogP contribution in [0.3, 0.4) is 0 Å². The lowest BCUT2D eigenvalue weighted by Gasteiger charge is -2.18. The van der Waals surface area contributed by atoms with Crippen LogP contribution < -0.4 is 0 Å². The molecular weight excluding hydrogens is 280 g/mol. The van der Waals surface area contributed by atoms with Crippen molar-refractivity contribution < 1.29 is 33.3 Å². The third kappa shape index (κ3) is 10.8. The molecule has 1 unspecified atom stereocenters. The number of hydrogen-bond donors (Lipinski definition) is 0. The van der Waals surface area contributed by atoms with Gasteiger partial charge in [0.2, 0.25) is 6.29 Å². The Hall–Kier alpha value is -1.63. The minimum absolute atomic E-state index is 0.222. The molecule has 0 fully saturated rings. The summed E-state index contributed by atoms with van der Waals surface area (Å²) in [7, 11) is 0. The van der Waals surface area contributed by atoms with E-state index < -0.39 is 18.2 Å². The molecule has 0 aromatic carbocycles. The van der Waals surface area contributed by atoms with Gasteiger partial charge in [-0.15, -0.1) is 0 Å². The summed E-state index contributed by atoms with van der Waals surface area (Å²) in [6.45, 7) is 4.99.